The van der Waals surface area contributed by atoms with Gasteiger partial charge in [0.25, 0.3) is 0 Å². The van der Waals surface area contributed by atoms with Gasteiger partial charge in [0.05, 0.1) is 6.10 Å². The maximum Gasteiger partial charge on any atom is 0.220 e. The van der Waals surface area contributed by atoms with Crippen LogP contribution in [-0.2, 0) is 4.79 Å². The Morgan fingerprint density at radius 1 is 1.06 bits per heavy atom. The van der Waals surface area contributed by atoms with Crippen LogP contribution in [0.5, 0.6) is 0 Å². The Hall–Kier alpha value is -0.570. The highest BCUT2D eigenvalue weighted by atomic mass is 16.3. The first kappa shape index (κ1) is 12.9. The fraction of sp³-hybridized carbons (Fsp3) is 0.929. The van der Waals surface area contributed by atoms with Crippen molar-refractivity contribution in [2.45, 2.75) is 63.9 Å². The third-order valence-electron chi connectivity index (χ3n) is 4.38. The molecule has 2 fully saturated rings. The van der Waals surface area contributed by atoms with Crippen LogP contribution in [-0.4, -0.2) is 23.7 Å². The van der Waals surface area contributed by atoms with E-state index in [4.69, 9.17) is 0 Å². The molecule has 0 aliphatic heterocycles. The van der Waals surface area contributed by atoms with Crippen LogP contribution in [0.15, 0.2) is 0 Å². The van der Waals surface area contributed by atoms with Gasteiger partial charge in [-0.25, -0.2) is 0 Å². The molecule has 0 saturated heterocycles. The zero-order chi connectivity index (χ0) is 12.1. The van der Waals surface area contributed by atoms with Gasteiger partial charge < -0.3 is 10.4 Å². The summed E-state index contributed by atoms with van der Waals surface area (Å²) in [5, 5.41) is 12.8. The Kier molecular flexibility index (Phi) is 4.84. The molecule has 3 nitrogen and oxygen atoms in total. The van der Waals surface area contributed by atoms with Crippen LogP contribution in [0.2, 0.25) is 0 Å². The summed E-state index contributed by atoms with van der Waals surface area (Å²) >= 11 is 0. The van der Waals surface area contributed by atoms with E-state index in [2.05, 4.69) is 5.32 Å². The molecule has 98 valence electrons. The summed E-state index contributed by atoms with van der Waals surface area (Å²) < 4.78 is 0. The minimum atomic E-state index is -0.199. The van der Waals surface area contributed by atoms with E-state index in [1.807, 2.05) is 0 Å². The number of amides is 1. The quantitative estimate of drug-likeness (QED) is 0.790. The Balaban J connectivity index is 1.64. The van der Waals surface area contributed by atoms with E-state index in [-0.39, 0.29) is 17.9 Å². The zero-order valence-corrected chi connectivity index (χ0v) is 10.7. The second-order valence-electron chi connectivity index (χ2n) is 5.77. The molecule has 2 N–H and O–H groups in total. The molecule has 0 aromatic rings. The van der Waals surface area contributed by atoms with Gasteiger partial charge in [-0.2, -0.15) is 0 Å². The molecule has 0 aromatic heterocycles. The van der Waals surface area contributed by atoms with Crippen molar-refractivity contribution < 1.29 is 9.90 Å². The van der Waals surface area contributed by atoms with Gasteiger partial charge in [0.15, 0.2) is 0 Å². The van der Waals surface area contributed by atoms with Crippen molar-refractivity contribution in [3.8, 4) is 0 Å². The topological polar surface area (TPSA) is 49.3 Å². The molecule has 17 heavy (non-hydrogen) atoms. The largest absolute Gasteiger partial charge is 0.393 e. The monoisotopic (exact) mass is 239 g/mol. The van der Waals surface area contributed by atoms with Gasteiger partial charge in [-0.3, -0.25) is 4.79 Å². The van der Waals surface area contributed by atoms with E-state index in [0.29, 0.717) is 18.9 Å². The molecular formula is C14H25NO2. The van der Waals surface area contributed by atoms with Gasteiger partial charge in [-0.15, -0.1) is 0 Å². The summed E-state index contributed by atoms with van der Waals surface area (Å²) in [4.78, 5) is 11.8. The molecule has 2 aliphatic rings. The Bertz CT molecular complexity index is 249. The van der Waals surface area contributed by atoms with E-state index < -0.39 is 0 Å². The van der Waals surface area contributed by atoms with Gasteiger partial charge in [0.1, 0.15) is 0 Å². The van der Waals surface area contributed by atoms with Crippen molar-refractivity contribution in [1.29, 1.82) is 0 Å². The highest BCUT2D eigenvalue weighted by Gasteiger charge is 2.24. The molecule has 2 unspecified atom stereocenters. The van der Waals surface area contributed by atoms with Crippen molar-refractivity contribution in [2.24, 2.45) is 11.8 Å². The Labute approximate surface area is 104 Å². The van der Waals surface area contributed by atoms with Crippen molar-refractivity contribution in [2.75, 3.05) is 6.54 Å². The first-order valence-electron chi connectivity index (χ1n) is 7.20. The van der Waals surface area contributed by atoms with E-state index in [1.165, 1.54) is 32.1 Å². The van der Waals surface area contributed by atoms with Crippen LogP contribution in [0, 0.1) is 11.8 Å². The first-order chi connectivity index (χ1) is 8.25. The molecule has 0 bridgehead atoms. The summed E-state index contributed by atoms with van der Waals surface area (Å²) in [5.41, 5.74) is 0. The fourth-order valence-electron chi connectivity index (χ4n) is 3.22. The van der Waals surface area contributed by atoms with Crippen LogP contribution in [0.25, 0.3) is 0 Å². The lowest BCUT2D eigenvalue weighted by molar-refractivity contribution is -0.122. The predicted molar refractivity (Wildman–Crippen MR) is 67.5 cm³/mol. The average Bonchev–Trinajstić information content (AvgIpc) is 2.81. The van der Waals surface area contributed by atoms with Crippen LogP contribution < -0.4 is 5.32 Å². The molecule has 2 saturated carbocycles. The fourth-order valence-corrected chi connectivity index (χ4v) is 3.22. The molecule has 2 rings (SSSR count). The highest BCUT2D eigenvalue weighted by molar-refractivity contribution is 5.76. The minimum Gasteiger partial charge on any atom is -0.393 e. The number of carbonyl (C=O) groups is 1. The lowest BCUT2D eigenvalue weighted by atomic mass is 9.86. The molecule has 2 atom stereocenters. The van der Waals surface area contributed by atoms with Gasteiger partial charge in [0.2, 0.25) is 5.91 Å². The number of rotatable bonds is 4. The van der Waals surface area contributed by atoms with Gasteiger partial charge in [0, 0.05) is 18.9 Å². The molecular weight excluding hydrogens is 214 g/mol. The standard InChI is InChI=1S/C14H25NO2/c16-13-8-4-3-7-12(13)10-15-14(17)9-11-5-1-2-6-11/h11-13,16H,1-10H2,(H,15,17). The molecule has 0 heterocycles. The summed E-state index contributed by atoms with van der Waals surface area (Å²) in [7, 11) is 0. The van der Waals surface area contributed by atoms with E-state index >= 15 is 0 Å². The summed E-state index contributed by atoms with van der Waals surface area (Å²) in [6.45, 7) is 0.673. The molecule has 2 aliphatic carbocycles. The molecule has 0 aromatic carbocycles. The third kappa shape index (κ3) is 3.98. The number of hydrogen-bond donors (Lipinski definition) is 2. The molecule has 3 heteroatoms. The van der Waals surface area contributed by atoms with Crippen molar-refractivity contribution in [3.63, 3.8) is 0 Å². The van der Waals surface area contributed by atoms with Crippen molar-refractivity contribution >= 4 is 5.91 Å². The third-order valence-corrected chi connectivity index (χ3v) is 4.38. The van der Waals surface area contributed by atoms with Crippen LogP contribution in [0.3, 0.4) is 0 Å². The number of aliphatic hydroxyl groups excluding tert-OH is 1. The minimum absolute atomic E-state index is 0.190. The molecule has 0 radical (unpaired) electrons. The first-order valence-corrected chi connectivity index (χ1v) is 7.20. The summed E-state index contributed by atoms with van der Waals surface area (Å²) in [6.07, 6.45) is 9.82. The normalized spacial score (nSPS) is 30.4. The van der Waals surface area contributed by atoms with Crippen molar-refractivity contribution in [3.05, 3.63) is 0 Å². The number of carbonyl (C=O) groups excluding carboxylic acids is 1. The Morgan fingerprint density at radius 2 is 1.71 bits per heavy atom. The van der Waals surface area contributed by atoms with Gasteiger partial charge in [-0.05, 0) is 31.6 Å². The van der Waals surface area contributed by atoms with Gasteiger partial charge in [-0.1, -0.05) is 25.7 Å². The second-order valence-corrected chi connectivity index (χ2v) is 5.77. The van der Waals surface area contributed by atoms with Crippen LogP contribution in [0.4, 0.5) is 0 Å². The summed E-state index contributed by atoms with van der Waals surface area (Å²) in [5.74, 6) is 1.09. The summed E-state index contributed by atoms with van der Waals surface area (Å²) in [6, 6.07) is 0. The smallest absolute Gasteiger partial charge is 0.220 e. The maximum atomic E-state index is 11.8. The SMILES string of the molecule is O=C(CC1CCCC1)NCC1CCCCC1O. The lowest BCUT2D eigenvalue weighted by Gasteiger charge is -2.27. The molecule has 1 amide bonds. The Morgan fingerprint density at radius 3 is 2.41 bits per heavy atom. The lowest BCUT2D eigenvalue weighted by Crippen LogP contribution is -2.37. The second kappa shape index (κ2) is 6.39. The average molecular weight is 239 g/mol. The maximum absolute atomic E-state index is 11.8. The molecule has 0 spiro atoms. The highest BCUT2D eigenvalue weighted by Crippen LogP contribution is 2.27. The van der Waals surface area contributed by atoms with E-state index in [1.54, 1.807) is 0 Å². The predicted octanol–water partition coefficient (Wildman–Crippen LogP) is 2.23. The number of hydrogen-bond acceptors (Lipinski definition) is 2. The number of nitrogens with one attached hydrogen (secondary N) is 1. The van der Waals surface area contributed by atoms with Crippen molar-refractivity contribution in [1.82, 2.24) is 5.32 Å². The van der Waals surface area contributed by atoms with E-state index in [9.17, 15) is 9.90 Å². The van der Waals surface area contributed by atoms with E-state index in [0.717, 1.165) is 19.3 Å². The number of aliphatic hydroxyl groups is 1. The zero-order valence-electron chi connectivity index (χ0n) is 10.7. The van der Waals surface area contributed by atoms with Gasteiger partial charge >= 0.3 is 0 Å². The van der Waals surface area contributed by atoms with Crippen LogP contribution in [0.1, 0.15) is 57.8 Å². The van der Waals surface area contributed by atoms with Crippen LogP contribution >= 0.6 is 0 Å².